The number of rotatable bonds is 9. The molecule has 1 atom stereocenters. The van der Waals surface area contributed by atoms with Gasteiger partial charge in [-0.1, -0.05) is 37.7 Å². The Hall–Kier alpha value is -1.78. The van der Waals surface area contributed by atoms with Gasteiger partial charge < -0.3 is 12.4 Å². The largest absolute Gasteiger partial charge is 0.490 e. The minimum absolute atomic E-state index is 0.0809. The number of aryl methyl sites for hydroxylation is 2. The first-order chi connectivity index (χ1) is 14.6. The van der Waals surface area contributed by atoms with Crippen LogP contribution >= 0.6 is 34.3 Å². The lowest BCUT2D eigenvalue weighted by atomic mass is 10.1. The van der Waals surface area contributed by atoms with Crippen LogP contribution in [0.5, 0.6) is 5.75 Å². The van der Waals surface area contributed by atoms with Gasteiger partial charge in [0.1, 0.15) is 41.5 Å². The topological polar surface area (TPSA) is 65.7 Å². The monoisotopic (exact) mass is 539 g/mol. The quantitative estimate of drug-likeness (QED) is 0.345. The van der Waals surface area contributed by atoms with Gasteiger partial charge in [-0.3, -0.25) is 9.78 Å². The minimum atomic E-state index is -0.298. The second kappa shape index (κ2) is 11.0. The Balaban J connectivity index is 2.03. The van der Waals surface area contributed by atoms with Crippen LogP contribution in [0.1, 0.15) is 49.5 Å². The molecule has 1 aromatic carbocycles. The number of amides is 1. The summed E-state index contributed by atoms with van der Waals surface area (Å²) in [6.07, 6.45) is 6.42. The summed E-state index contributed by atoms with van der Waals surface area (Å²) < 4.78 is 14.3. The fourth-order valence-electron chi connectivity index (χ4n) is 3.00. The van der Waals surface area contributed by atoms with E-state index in [1.165, 1.54) is 11.3 Å². The predicted octanol–water partition coefficient (Wildman–Crippen LogP) is 5.34. The van der Waals surface area contributed by atoms with E-state index in [1.807, 2.05) is 60.4 Å². The number of halogens is 1. The number of thiazole rings is 1. The molecule has 0 spiro atoms. The standard InChI is InChI=1S/C22H26IN3O3S/c1-4-6-11-26-18-13-24-10-9-20(18)30-22(26)25-21(27)17-12-16(5-2)7-8-19(17)28-14-15(3)29-23/h7-10,12-13,15H,4-6,11,14H2,1-3H3/b25-22-/t15-/m0/s1. The minimum Gasteiger partial charge on any atom is -0.490 e. The molecular weight excluding hydrogens is 513 g/mol. The van der Waals surface area contributed by atoms with Gasteiger partial charge in [0.2, 0.25) is 0 Å². The Labute approximate surface area is 194 Å². The van der Waals surface area contributed by atoms with Crippen molar-refractivity contribution in [1.82, 2.24) is 9.55 Å². The number of carbonyl (C=O) groups is 1. The Morgan fingerprint density at radius 2 is 2.17 bits per heavy atom. The molecule has 0 aliphatic heterocycles. The van der Waals surface area contributed by atoms with E-state index in [1.54, 1.807) is 6.20 Å². The number of benzene rings is 1. The summed E-state index contributed by atoms with van der Waals surface area (Å²) in [5.74, 6) is 0.234. The lowest BCUT2D eigenvalue weighted by Crippen LogP contribution is -2.18. The molecule has 2 aromatic heterocycles. The van der Waals surface area contributed by atoms with Crippen molar-refractivity contribution in [3.05, 3.63) is 52.6 Å². The first kappa shape index (κ1) is 22.9. The van der Waals surface area contributed by atoms with Gasteiger partial charge in [0.05, 0.1) is 22.0 Å². The van der Waals surface area contributed by atoms with Crippen molar-refractivity contribution >= 4 is 50.5 Å². The van der Waals surface area contributed by atoms with Gasteiger partial charge in [-0.15, -0.1) is 0 Å². The molecular formula is C22H26IN3O3S. The molecule has 8 heteroatoms. The summed E-state index contributed by atoms with van der Waals surface area (Å²) in [7, 11) is 0. The van der Waals surface area contributed by atoms with E-state index in [-0.39, 0.29) is 12.0 Å². The summed E-state index contributed by atoms with van der Waals surface area (Å²) in [4.78, 5) is 22.7. The SMILES string of the molecule is CCCCn1/c(=N/C(=O)c2cc(CC)ccc2OC[C@H](C)OI)sc2ccncc21. The van der Waals surface area contributed by atoms with E-state index >= 15 is 0 Å². The average molecular weight is 539 g/mol. The number of hydrogen-bond donors (Lipinski definition) is 0. The molecule has 0 N–H and O–H groups in total. The number of ether oxygens (including phenoxy) is 1. The first-order valence-corrected chi connectivity index (χ1v) is 11.8. The number of hydrogen-bond acceptors (Lipinski definition) is 5. The number of nitrogens with zero attached hydrogens (tertiary/aromatic N) is 3. The molecule has 0 radical (unpaired) electrons. The zero-order valence-electron chi connectivity index (χ0n) is 17.4. The molecule has 160 valence electrons. The van der Waals surface area contributed by atoms with Crippen molar-refractivity contribution in [1.29, 1.82) is 0 Å². The van der Waals surface area contributed by atoms with E-state index in [0.717, 1.165) is 41.6 Å². The van der Waals surface area contributed by atoms with Gasteiger partial charge in [0.25, 0.3) is 5.91 Å². The summed E-state index contributed by atoms with van der Waals surface area (Å²) in [6.45, 7) is 7.29. The maximum absolute atomic E-state index is 13.2. The molecule has 0 aliphatic carbocycles. The van der Waals surface area contributed by atoms with Crippen LogP contribution in [-0.4, -0.2) is 28.2 Å². The zero-order valence-corrected chi connectivity index (χ0v) is 20.4. The van der Waals surface area contributed by atoms with E-state index in [9.17, 15) is 4.79 Å². The molecule has 30 heavy (non-hydrogen) atoms. The highest BCUT2D eigenvalue weighted by molar-refractivity contribution is 14.1. The van der Waals surface area contributed by atoms with Crippen LogP contribution in [0.2, 0.25) is 0 Å². The molecule has 0 aliphatic rings. The highest BCUT2D eigenvalue weighted by atomic mass is 127. The zero-order chi connectivity index (χ0) is 21.5. The van der Waals surface area contributed by atoms with Gasteiger partial charge in [-0.05, 0) is 43.5 Å². The fourth-order valence-corrected chi connectivity index (χ4v) is 4.17. The van der Waals surface area contributed by atoms with Crippen LogP contribution in [0.4, 0.5) is 0 Å². The lowest BCUT2D eigenvalue weighted by Gasteiger charge is -2.13. The van der Waals surface area contributed by atoms with Crippen LogP contribution in [-0.2, 0) is 16.0 Å². The molecule has 0 unspecified atom stereocenters. The Kier molecular flexibility index (Phi) is 8.41. The normalized spacial score (nSPS) is 13.0. The van der Waals surface area contributed by atoms with Crippen LogP contribution in [0.15, 0.2) is 41.7 Å². The van der Waals surface area contributed by atoms with Gasteiger partial charge >= 0.3 is 0 Å². The molecule has 3 rings (SSSR count). The maximum Gasteiger partial charge on any atom is 0.283 e. The first-order valence-electron chi connectivity index (χ1n) is 10.1. The second-order valence-electron chi connectivity index (χ2n) is 7.04. The molecule has 6 nitrogen and oxygen atoms in total. The number of aromatic nitrogens is 2. The molecule has 0 saturated heterocycles. The third-order valence-corrected chi connectivity index (χ3v) is 6.65. The number of unbranched alkanes of at least 4 members (excludes halogenated alkanes) is 1. The lowest BCUT2D eigenvalue weighted by molar-refractivity contribution is 0.0991. The Morgan fingerprint density at radius 3 is 2.90 bits per heavy atom. The number of fused-ring (bicyclic) bond motifs is 1. The molecule has 1 amide bonds. The van der Waals surface area contributed by atoms with Crippen molar-refractivity contribution in [2.24, 2.45) is 4.99 Å². The maximum atomic E-state index is 13.2. The highest BCUT2D eigenvalue weighted by Gasteiger charge is 2.16. The molecule has 2 heterocycles. The Morgan fingerprint density at radius 1 is 1.33 bits per heavy atom. The Bertz CT molecular complexity index is 1080. The third kappa shape index (κ3) is 5.47. The van der Waals surface area contributed by atoms with Gasteiger partial charge in [0.15, 0.2) is 4.80 Å². The molecule has 0 bridgehead atoms. The number of pyridine rings is 1. The molecule has 0 saturated carbocycles. The van der Waals surface area contributed by atoms with Crippen molar-refractivity contribution in [2.75, 3.05) is 6.61 Å². The fraction of sp³-hybridized carbons (Fsp3) is 0.409. The smallest absolute Gasteiger partial charge is 0.283 e. The van der Waals surface area contributed by atoms with Gasteiger partial charge in [-0.25, -0.2) is 0 Å². The highest BCUT2D eigenvalue weighted by Crippen LogP contribution is 2.23. The summed E-state index contributed by atoms with van der Waals surface area (Å²) >= 11 is 3.36. The summed E-state index contributed by atoms with van der Waals surface area (Å²) in [5.41, 5.74) is 2.56. The predicted molar refractivity (Wildman–Crippen MR) is 128 cm³/mol. The average Bonchev–Trinajstić information content (AvgIpc) is 3.12. The van der Waals surface area contributed by atoms with Crippen LogP contribution in [0.25, 0.3) is 10.2 Å². The van der Waals surface area contributed by atoms with Crippen molar-refractivity contribution in [3.63, 3.8) is 0 Å². The third-order valence-electron chi connectivity index (χ3n) is 4.72. The van der Waals surface area contributed by atoms with E-state index < -0.39 is 0 Å². The van der Waals surface area contributed by atoms with E-state index in [2.05, 4.69) is 28.4 Å². The molecule has 3 aromatic rings. The van der Waals surface area contributed by atoms with Gasteiger partial charge in [0, 0.05) is 12.7 Å². The van der Waals surface area contributed by atoms with Crippen molar-refractivity contribution in [3.8, 4) is 5.75 Å². The number of carbonyl (C=O) groups excluding carboxylic acids is 1. The van der Waals surface area contributed by atoms with Crippen LogP contribution < -0.4 is 9.54 Å². The van der Waals surface area contributed by atoms with E-state index in [0.29, 0.717) is 22.7 Å². The molecule has 0 fully saturated rings. The van der Waals surface area contributed by atoms with Crippen LogP contribution in [0.3, 0.4) is 0 Å². The summed E-state index contributed by atoms with van der Waals surface area (Å²) in [5, 5.41) is 0. The van der Waals surface area contributed by atoms with Crippen molar-refractivity contribution in [2.45, 2.75) is 52.7 Å². The van der Waals surface area contributed by atoms with E-state index in [4.69, 9.17) is 7.80 Å². The summed E-state index contributed by atoms with van der Waals surface area (Å²) in [6, 6.07) is 7.67. The van der Waals surface area contributed by atoms with Crippen molar-refractivity contribution < 1.29 is 12.6 Å². The van der Waals surface area contributed by atoms with Crippen LogP contribution in [0, 0.1) is 0 Å². The van der Waals surface area contributed by atoms with Gasteiger partial charge in [-0.2, -0.15) is 4.99 Å². The second-order valence-corrected chi connectivity index (χ2v) is 8.56.